The van der Waals surface area contributed by atoms with E-state index in [1.807, 2.05) is 18.7 Å². The number of nitrogens with zero attached hydrogens (tertiary/aromatic N) is 2. The third kappa shape index (κ3) is 2.29. The molecule has 1 aromatic rings. The van der Waals surface area contributed by atoms with E-state index < -0.39 is 11.9 Å². The monoisotopic (exact) mass is 301 g/mol. The first-order valence-electron chi connectivity index (χ1n) is 7.45. The summed E-state index contributed by atoms with van der Waals surface area (Å²) in [6.45, 7) is 5.45. The molecule has 22 heavy (non-hydrogen) atoms. The Kier molecular flexibility index (Phi) is 3.70. The SMILES string of the molecule is CC1NCCN(C2=Nc3ccccc3C(=O)C2C(=O)O)C1C. The molecule has 2 aliphatic rings. The van der Waals surface area contributed by atoms with Crippen molar-refractivity contribution in [2.45, 2.75) is 25.9 Å². The Morgan fingerprint density at radius 3 is 2.82 bits per heavy atom. The number of aliphatic carboxylic acids is 1. The number of carboxylic acids is 1. The normalized spacial score (nSPS) is 28.1. The van der Waals surface area contributed by atoms with Gasteiger partial charge in [0.15, 0.2) is 11.7 Å². The van der Waals surface area contributed by atoms with Crippen LogP contribution in [0.2, 0.25) is 0 Å². The Labute approximate surface area is 128 Å². The van der Waals surface area contributed by atoms with Crippen molar-refractivity contribution in [3.05, 3.63) is 29.8 Å². The van der Waals surface area contributed by atoms with Crippen LogP contribution in [0, 0.1) is 5.92 Å². The number of nitrogens with one attached hydrogen (secondary N) is 1. The molecule has 3 rings (SSSR count). The van der Waals surface area contributed by atoms with Gasteiger partial charge in [0.25, 0.3) is 0 Å². The van der Waals surface area contributed by atoms with Crippen LogP contribution in [0.3, 0.4) is 0 Å². The molecule has 6 heteroatoms. The van der Waals surface area contributed by atoms with Crippen molar-refractivity contribution in [3.63, 3.8) is 0 Å². The van der Waals surface area contributed by atoms with Crippen molar-refractivity contribution in [3.8, 4) is 0 Å². The van der Waals surface area contributed by atoms with Crippen LogP contribution in [0.15, 0.2) is 29.3 Å². The highest BCUT2D eigenvalue weighted by Gasteiger charge is 2.42. The lowest BCUT2D eigenvalue weighted by Crippen LogP contribution is -2.60. The van der Waals surface area contributed by atoms with Gasteiger partial charge in [-0.1, -0.05) is 12.1 Å². The zero-order chi connectivity index (χ0) is 15.9. The second-order valence-corrected chi connectivity index (χ2v) is 5.80. The Morgan fingerprint density at radius 2 is 2.09 bits per heavy atom. The molecule has 0 amide bonds. The highest BCUT2D eigenvalue weighted by molar-refractivity contribution is 6.26. The predicted molar refractivity (Wildman–Crippen MR) is 82.6 cm³/mol. The Hall–Kier alpha value is -2.21. The highest BCUT2D eigenvalue weighted by atomic mass is 16.4. The number of Topliss-reactive ketones (excluding diaryl/α,β-unsaturated/α-hetero) is 1. The summed E-state index contributed by atoms with van der Waals surface area (Å²) in [4.78, 5) is 30.7. The topological polar surface area (TPSA) is 82.0 Å². The quantitative estimate of drug-likeness (QED) is 0.764. The summed E-state index contributed by atoms with van der Waals surface area (Å²) < 4.78 is 0. The van der Waals surface area contributed by atoms with E-state index in [1.165, 1.54) is 0 Å². The number of hydrogen-bond donors (Lipinski definition) is 2. The minimum atomic E-state index is -1.22. The zero-order valence-electron chi connectivity index (χ0n) is 12.6. The Morgan fingerprint density at radius 1 is 1.36 bits per heavy atom. The zero-order valence-corrected chi connectivity index (χ0v) is 12.6. The molecule has 0 bridgehead atoms. The van der Waals surface area contributed by atoms with Gasteiger partial charge in [-0.15, -0.1) is 0 Å². The average molecular weight is 301 g/mol. The molecule has 0 spiro atoms. The first-order chi connectivity index (χ1) is 10.5. The van der Waals surface area contributed by atoms with Gasteiger partial charge in [-0.2, -0.15) is 0 Å². The minimum Gasteiger partial charge on any atom is -0.480 e. The maximum absolute atomic E-state index is 12.6. The number of piperazine rings is 1. The number of amidine groups is 1. The maximum atomic E-state index is 12.6. The molecule has 3 unspecified atom stereocenters. The number of carboxylic acid groups (broad SMARTS) is 1. The molecular formula is C16H19N3O3. The van der Waals surface area contributed by atoms with E-state index >= 15 is 0 Å². The van der Waals surface area contributed by atoms with E-state index in [9.17, 15) is 14.7 Å². The molecule has 1 fully saturated rings. The van der Waals surface area contributed by atoms with Crippen molar-refractivity contribution < 1.29 is 14.7 Å². The van der Waals surface area contributed by atoms with Crippen molar-refractivity contribution in [1.82, 2.24) is 10.2 Å². The average Bonchev–Trinajstić information content (AvgIpc) is 2.49. The van der Waals surface area contributed by atoms with Gasteiger partial charge in [0.1, 0.15) is 5.84 Å². The van der Waals surface area contributed by atoms with Gasteiger partial charge in [-0.05, 0) is 26.0 Å². The van der Waals surface area contributed by atoms with Crippen LogP contribution in [0.5, 0.6) is 0 Å². The first-order valence-corrected chi connectivity index (χ1v) is 7.45. The maximum Gasteiger partial charge on any atom is 0.322 e. The fourth-order valence-corrected chi connectivity index (χ4v) is 3.07. The molecule has 116 valence electrons. The molecule has 0 radical (unpaired) electrons. The molecule has 2 N–H and O–H groups in total. The summed E-state index contributed by atoms with van der Waals surface area (Å²) in [5.74, 6) is -2.39. The van der Waals surface area contributed by atoms with Gasteiger partial charge in [0.05, 0.1) is 5.69 Å². The lowest BCUT2D eigenvalue weighted by Gasteiger charge is -2.42. The number of benzene rings is 1. The van der Waals surface area contributed by atoms with E-state index in [0.717, 1.165) is 6.54 Å². The first kappa shape index (κ1) is 14.7. The number of fused-ring (bicyclic) bond motifs is 1. The number of aliphatic imine (C=N–C) groups is 1. The largest absolute Gasteiger partial charge is 0.480 e. The molecule has 1 saturated heterocycles. The molecule has 6 nitrogen and oxygen atoms in total. The van der Waals surface area contributed by atoms with Gasteiger partial charge in [-0.3, -0.25) is 9.59 Å². The van der Waals surface area contributed by atoms with Crippen LogP contribution < -0.4 is 5.32 Å². The van der Waals surface area contributed by atoms with Crippen LogP contribution >= 0.6 is 0 Å². The summed E-state index contributed by atoms with van der Waals surface area (Å²) in [5, 5.41) is 12.9. The Bertz CT molecular complexity index is 656. The third-order valence-electron chi connectivity index (χ3n) is 4.50. The van der Waals surface area contributed by atoms with Crippen LogP contribution in [-0.2, 0) is 4.79 Å². The van der Waals surface area contributed by atoms with E-state index in [0.29, 0.717) is 23.6 Å². The minimum absolute atomic E-state index is 0.0763. The van der Waals surface area contributed by atoms with E-state index in [2.05, 4.69) is 10.3 Å². The second kappa shape index (κ2) is 5.53. The van der Waals surface area contributed by atoms with Crippen molar-refractivity contribution >= 4 is 23.3 Å². The van der Waals surface area contributed by atoms with Gasteiger partial charge in [0, 0.05) is 30.7 Å². The van der Waals surface area contributed by atoms with E-state index in [1.54, 1.807) is 24.3 Å². The highest BCUT2D eigenvalue weighted by Crippen LogP contribution is 2.31. The fourth-order valence-electron chi connectivity index (χ4n) is 3.07. The summed E-state index contributed by atoms with van der Waals surface area (Å²) in [6.07, 6.45) is 0. The standard InChI is InChI=1S/C16H19N3O3/c1-9-10(2)19(8-7-17-9)15-13(16(21)22)14(20)11-5-3-4-6-12(11)18-15/h3-6,9-10,13,17H,7-8H2,1-2H3,(H,21,22). The molecule has 0 aromatic heterocycles. The molecule has 2 heterocycles. The van der Waals surface area contributed by atoms with Gasteiger partial charge in [0.2, 0.25) is 0 Å². The number of carbonyl (C=O) groups excluding carboxylic acids is 1. The summed E-state index contributed by atoms with van der Waals surface area (Å²) in [6, 6.07) is 7.20. The van der Waals surface area contributed by atoms with Crippen LogP contribution in [0.4, 0.5) is 5.69 Å². The smallest absolute Gasteiger partial charge is 0.322 e. The molecule has 3 atom stereocenters. The molecule has 1 aromatic carbocycles. The van der Waals surface area contributed by atoms with Crippen molar-refractivity contribution in [2.75, 3.05) is 13.1 Å². The van der Waals surface area contributed by atoms with Crippen molar-refractivity contribution in [1.29, 1.82) is 0 Å². The van der Waals surface area contributed by atoms with Crippen molar-refractivity contribution in [2.24, 2.45) is 10.9 Å². The molecule has 2 aliphatic heterocycles. The lowest BCUT2D eigenvalue weighted by atomic mass is 9.90. The molecule has 0 aliphatic carbocycles. The number of carbonyl (C=O) groups is 2. The summed E-state index contributed by atoms with van der Waals surface area (Å²) in [5.41, 5.74) is 0.938. The molecule has 0 saturated carbocycles. The van der Waals surface area contributed by atoms with E-state index in [-0.39, 0.29) is 17.9 Å². The summed E-state index contributed by atoms with van der Waals surface area (Å²) >= 11 is 0. The second-order valence-electron chi connectivity index (χ2n) is 5.80. The number of ketones is 1. The van der Waals surface area contributed by atoms with Gasteiger partial charge < -0.3 is 15.3 Å². The molecular weight excluding hydrogens is 282 g/mol. The number of rotatable bonds is 1. The van der Waals surface area contributed by atoms with Gasteiger partial charge >= 0.3 is 5.97 Å². The lowest BCUT2D eigenvalue weighted by molar-refractivity contribution is -0.138. The summed E-state index contributed by atoms with van der Waals surface area (Å²) in [7, 11) is 0. The van der Waals surface area contributed by atoms with Gasteiger partial charge in [-0.25, -0.2) is 4.99 Å². The predicted octanol–water partition coefficient (Wildman–Crippen LogP) is 1.30. The van der Waals surface area contributed by atoms with Crippen LogP contribution in [0.1, 0.15) is 24.2 Å². The fraction of sp³-hybridized carbons (Fsp3) is 0.438. The number of hydrogen-bond acceptors (Lipinski definition) is 5. The van der Waals surface area contributed by atoms with Crippen LogP contribution in [-0.4, -0.2) is 52.8 Å². The third-order valence-corrected chi connectivity index (χ3v) is 4.50. The number of para-hydroxylation sites is 1. The van der Waals surface area contributed by atoms with E-state index in [4.69, 9.17) is 0 Å². The Balaban J connectivity index is 2.09. The van der Waals surface area contributed by atoms with Crippen LogP contribution in [0.25, 0.3) is 0 Å².